The van der Waals surface area contributed by atoms with E-state index >= 15 is 0 Å². The van der Waals surface area contributed by atoms with Crippen LogP contribution in [0.1, 0.15) is 17.5 Å². The first kappa shape index (κ1) is 18.4. The summed E-state index contributed by atoms with van der Waals surface area (Å²) in [4.78, 5) is 0. The van der Waals surface area contributed by atoms with Gasteiger partial charge in [-0.2, -0.15) is 18.4 Å². The number of nitrogens with zero attached hydrogens (tertiary/aromatic N) is 1. The third-order valence-electron chi connectivity index (χ3n) is 3.16. The Morgan fingerprint density at radius 2 is 1.60 bits per heavy atom. The number of phenolic OH excluding ortho intramolecular Hbond substituents is 1. The predicted molar refractivity (Wildman–Crippen MR) is 79.8 cm³/mol. The van der Waals surface area contributed by atoms with Gasteiger partial charge in [0.25, 0.3) is 0 Å². The monoisotopic (exact) mass is 355 g/mol. The zero-order chi connectivity index (χ0) is 18.4. The molecule has 1 N–H and O–H groups in total. The van der Waals surface area contributed by atoms with Crippen molar-refractivity contribution in [3.63, 3.8) is 0 Å². The van der Waals surface area contributed by atoms with Crippen molar-refractivity contribution in [3.05, 3.63) is 53.3 Å². The van der Waals surface area contributed by atoms with Crippen molar-refractivity contribution in [2.24, 2.45) is 0 Å². The molecule has 0 spiro atoms. The summed E-state index contributed by atoms with van der Waals surface area (Å²) >= 11 is 0. The summed E-state index contributed by atoms with van der Waals surface area (Å²) in [6.07, 6.45) is -4.29. The Morgan fingerprint density at radius 1 is 1.00 bits per heavy atom. The number of rotatable bonds is 6. The highest BCUT2D eigenvalue weighted by molar-refractivity contribution is 5.44. The summed E-state index contributed by atoms with van der Waals surface area (Å²) < 4.78 is 61.9. The van der Waals surface area contributed by atoms with Crippen LogP contribution in [0, 0.1) is 17.1 Å². The number of benzene rings is 2. The number of aromatic hydroxyl groups is 1. The second-order valence-corrected chi connectivity index (χ2v) is 4.98. The van der Waals surface area contributed by atoms with Gasteiger partial charge >= 0.3 is 6.18 Å². The Hall–Kier alpha value is -2.95. The van der Waals surface area contributed by atoms with Gasteiger partial charge in [0.2, 0.25) is 0 Å². The lowest BCUT2D eigenvalue weighted by Crippen LogP contribution is -2.09. The van der Waals surface area contributed by atoms with Gasteiger partial charge in [-0.15, -0.1) is 0 Å². The lowest BCUT2D eigenvalue weighted by molar-refractivity contribution is -0.137. The molecule has 0 heterocycles. The maximum absolute atomic E-state index is 12.9. The molecule has 0 saturated heterocycles. The Kier molecular flexibility index (Phi) is 5.70. The van der Waals surface area contributed by atoms with Gasteiger partial charge < -0.3 is 14.6 Å². The number of nitriles is 1. The maximum Gasteiger partial charge on any atom is 0.417 e. The molecule has 132 valence electrons. The Labute approximate surface area is 140 Å². The van der Waals surface area contributed by atoms with Crippen molar-refractivity contribution >= 4 is 0 Å². The van der Waals surface area contributed by atoms with E-state index in [0.717, 1.165) is 24.3 Å². The number of alkyl halides is 3. The first-order valence-electron chi connectivity index (χ1n) is 7.16. The highest BCUT2D eigenvalue weighted by atomic mass is 19.4. The van der Waals surface area contributed by atoms with Crippen molar-refractivity contribution in [2.75, 3.05) is 13.2 Å². The third kappa shape index (κ3) is 5.01. The molecule has 2 rings (SSSR count). The summed E-state index contributed by atoms with van der Waals surface area (Å²) in [6.45, 7) is 0.240. The summed E-state index contributed by atoms with van der Waals surface area (Å²) in [5.41, 5.74) is -1.52. The van der Waals surface area contributed by atoms with Crippen molar-refractivity contribution in [2.45, 2.75) is 12.6 Å². The minimum Gasteiger partial charge on any atom is -0.505 e. The molecule has 0 aliphatic rings. The smallest absolute Gasteiger partial charge is 0.417 e. The standard InChI is InChI=1S/C17H13F4NO3/c18-15-5-4-13(9-16(15)23)25-7-1-6-24-12-3-2-11(10-22)14(8-12)17(19,20)21/h2-5,8-9,23H,1,6-7H2. The second kappa shape index (κ2) is 7.75. The highest BCUT2D eigenvalue weighted by Crippen LogP contribution is 2.34. The first-order valence-corrected chi connectivity index (χ1v) is 7.16. The first-order chi connectivity index (χ1) is 11.8. The van der Waals surface area contributed by atoms with E-state index in [1.807, 2.05) is 0 Å². The number of hydrogen-bond acceptors (Lipinski definition) is 4. The number of halogens is 4. The molecule has 0 aliphatic heterocycles. The number of hydrogen-bond donors (Lipinski definition) is 1. The quantitative estimate of drug-likeness (QED) is 0.621. The molecule has 0 atom stereocenters. The van der Waals surface area contributed by atoms with E-state index in [4.69, 9.17) is 14.7 Å². The topological polar surface area (TPSA) is 62.5 Å². The summed E-state index contributed by atoms with van der Waals surface area (Å²) in [6, 6.07) is 8.11. The van der Waals surface area contributed by atoms with E-state index in [-0.39, 0.29) is 24.7 Å². The van der Waals surface area contributed by atoms with Crippen molar-refractivity contribution in [3.8, 4) is 23.3 Å². The molecule has 0 unspecified atom stereocenters. The van der Waals surface area contributed by atoms with Gasteiger partial charge in [-0.25, -0.2) is 4.39 Å². The van der Waals surface area contributed by atoms with Gasteiger partial charge in [0.15, 0.2) is 11.6 Å². The van der Waals surface area contributed by atoms with Crippen molar-refractivity contribution < 1.29 is 32.1 Å². The third-order valence-corrected chi connectivity index (χ3v) is 3.16. The van der Waals surface area contributed by atoms with Crippen LogP contribution in [0.2, 0.25) is 0 Å². The zero-order valence-electron chi connectivity index (χ0n) is 12.8. The van der Waals surface area contributed by atoms with Crippen LogP contribution in [0.25, 0.3) is 0 Å². The van der Waals surface area contributed by atoms with Gasteiger partial charge in [0.05, 0.1) is 30.4 Å². The average Bonchev–Trinajstić information content (AvgIpc) is 2.56. The molecule has 0 saturated carbocycles. The predicted octanol–water partition coefficient (Wildman–Crippen LogP) is 4.27. The van der Waals surface area contributed by atoms with Crippen LogP contribution in [0.3, 0.4) is 0 Å². The molecule has 8 heteroatoms. The fourth-order valence-corrected chi connectivity index (χ4v) is 1.97. The van der Waals surface area contributed by atoms with Crippen molar-refractivity contribution in [1.29, 1.82) is 5.26 Å². The minimum absolute atomic E-state index is 0.00856. The normalized spacial score (nSPS) is 11.0. The lowest BCUT2D eigenvalue weighted by atomic mass is 10.1. The fraction of sp³-hybridized carbons (Fsp3) is 0.235. The van der Waals surface area contributed by atoms with E-state index in [0.29, 0.717) is 6.42 Å². The second-order valence-electron chi connectivity index (χ2n) is 4.98. The van der Waals surface area contributed by atoms with Crippen LogP contribution in [0.4, 0.5) is 17.6 Å². The van der Waals surface area contributed by atoms with Crippen LogP contribution in [-0.2, 0) is 6.18 Å². The summed E-state index contributed by atoms with van der Waals surface area (Å²) in [5, 5.41) is 17.9. The van der Waals surface area contributed by atoms with Gasteiger partial charge in [0.1, 0.15) is 11.5 Å². The molecule has 0 bridgehead atoms. The number of ether oxygens (including phenoxy) is 2. The summed E-state index contributed by atoms with van der Waals surface area (Å²) in [7, 11) is 0. The van der Waals surface area contributed by atoms with Gasteiger partial charge in [-0.1, -0.05) is 0 Å². The van der Waals surface area contributed by atoms with Gasteiger partial charge in [-0.05, 0) is 30.3 Å². The molecule has 25 heavy (non-hydrogen) atoms. The molecule has 0 fully saturated rings. The summed E-state index contributed by atoms with van der Waals surface area (Å²) in [5.74, 6) is -1.05. The SMILES string of the molecule is N#Cc1ccc(OCCCOc2ccc(F)c(O)c2)cc1C(F)(F)F. The van der Waals surface area contributed by atoms with Crippen LogP contribution in [0.15, 0.2) is 36.4 Å². The lowest BCUT2D eigenvalue weighted by Gasteiger charge is -2.12. The molecule has 0 amide bonds. The Bertz CT molecular complexity index is 784. The molecule has 0 radical (unpaired) electrons. The molecular weight excluding hydrogens is 342 g/mol. The minimum atomic E-state index is -4.64. The van der Waals surface area contributed by atoms with E-state index in [1.165, 1.54) is 18.2 Å². The van der Waals surface area contributed by atoms with Crippen LogP contribution < -0.4 is 9.47 Å². The number of phenols is 1. The molecule has 2 aromatic carbocycles. The van der Waals surface area contributed by atoms with Crippen LogP contribution in [0.5, 0.6) is 17.2 Å². The van der Waals surface area contributed by atoms with Crippen LogP contribution in [-0.4, -0.2) is 18.3 Å². The Morgan fingerprint density at radius 3 is 2.16 bits per heavy atom. The van der Waals surface area contributed by atoms with Crippen molar-refractivity contribution in [1.82, 2.24) is 0 Å². The van der Waals surface area contributed by atoms with E-state index in [1.54, 1.807) is 0 Å². The zero-order valence-corrected chi connectivity index (χ0v) is 12.8. The largest absolute Gasteiger partial charge is 0.505 e. The average molecular weight is 355 g/mol. The molecule has 0 aliphatic carbocycles. The van der Waals surface area contributed by atoms with Gasteiger partial charge in [0, 0.05) is 12.5 Å². The Balaban J connectivity index is 1.86. The highest BCUT2D eigenvalue weighted by Gasteiger charge is 2.34. The maximum atomic E-state index is 12.9. The van der Waals surface area contributed by atoms with E-state index in [2.05, 4.69) is 0 Å². The van der Waals surface area contributed by atoms with Gasteiger partial charge in [-0.3, -0.25) is 0 Å². The van der Waals surface area contributed by atoms with E-state index < -0.39 is 28.9 Å². The van der Waals surface area contributed by atoms with Crippen LogP contribution >= 0.6 is 0 Å². The molecule has 2 aromatic rings. The molecular formula is C17H13F4NO3. The molecule has 0 aromatic heterocycles. The molecule has 4 nitrogen and oxygen atoms in total. The van der Waals surface area contributed by atoms with E-state index in [9.17, 15) is 22.7 Å². The fourth-order valence-electron chi connectivity index (χ4n) is 1.97.